The number of pyridine rings is 1. The molecule has 1 unspecified atom stereocenters. The van der Waals surface area contributed by atoms with E-state index in [0.29, 0.717) is 12.2 Å². The van der Waals surface area contributed by atoms with Crippen LogP contribution in [0.1, 0.15) is 19.5 Å². The number of nitrogens with one attached hydrogen (secondary N) is 2. The second kappa shape index (κ2) is 7.56. The monoisotopic (exact) mass is 303 g/mol. The molecule has 0 aliphatic rings. The van der Waals surface area contributed by atoms with Crippen molar-refractivity contribution < 1.29 is 9.53 Å². The number of anilines is 1. The Morgan fingerprint density at radius 3 is 2.91 bits per heavy atom. The van der Waals surface area contributed by atoms with Crippen LogP contribution in [0.4, 0.5) is 10.5 Å². The van der Waals surface area contributed by atoms with Crippen LogP contribution in [0, 0.1) is 0 Å². The third-order valence-corrected chi connectivity index (χ3v) is 3.38. The van der Waals surface area contributed by atoms with Crippen molar-refractivity contribution in [3.63, 3.8) is 0 Å². The minimum atomic E-state index is -0.284. The number of carbonyl (C=O) groups excluding carboxylic acids is 1. The Morgan fingerprint density at radius 2 is 2.23 bits per heavy atom. The standard InChI is InChI=1S/C15H21N5O2/c1-11(12(2)22-3)18-15(21)19-14-8-17-20(10-14)9-13-6-4-5-7-16-13/h4-8,10-12H,9H2,1-3H3,(H2,18,19,21)/t11-,12?/m0/s1. The van der Waals surface area contributed by atoms with Crippen molar-refractivity contribution in [2.24, 2.45) is 0 Å². The van der Waals surface area contributed by atoms with Crippen LogP contribution in [0.5, 0.6) is 0 Å². The minimum absolute atomic E-state index is 0.0578. The van der Waals surface area contributed by atoms with E-state index < -0.39 is 0 Å². The van der Waals surface area contributed by atoms with Crippen LogP contribution in [0.15, 0.2) is 36.8 Å². The summed E-state index contributed by atoms with van der Waals surface area (Å²) in [5, 5.41) is 9.77. The maximum absolute atomic E-state index is 11.9. The summed E-state index contributed by atoms with van der Waals surface area (Å²) in [6, 6.07) is 5.35. The van der Waals surface area contributed by atoms with E-state index in [-0.39, 0.29) is 18.2 Å². The third kappa shape index (κ3) is 4.56. The molecule has 0 saturated heterocycles. The Labute approximate surface area is 129 Å². The van der Waals surface area contributed by atoms with Crippen molar-refractivity contribution in [3.05, 3.63) is 42.5 Å². The molecular weight excluding hydrogens is 282 g/mol. The molecule has 0 fully saturated rings. The quantitative estimate of drug-likeness (QED) is 0.853. The molecule has 2 N–H and O–H groups in total. The Kier molecular flexibility index (Phi) is 5.48. The molecule has 0 bridgehead atoms. The molecule has 22 heavy (non-hydrogen) atoms. The van der Waals surface area contributed by atoms with Crippen LogP contribution in [0.3, 0.4) is 0 Å². The molecule has 2 aromatic heterocycles. The van der Waals surface area contributed by atoms with Crippen LogP contribution in [-0.4, -0.2) is 40.1 Å². The molecule has 0 radical (unpaired) electrons. The van der Waals surface area contributed by atoms with Crippen molar-refractivity contribution in [1.82, 2.24) is 20.1 Å². The van der Waals surface area contributed by atoms with Crippen molar-refractivity contribution in [2.45, 2.75) is 32.5 Å². The maximum atomic E-state index is 11.9. The first kappa shape index (κ1) is 16.0. The summed E-state index contributed by atoms with van der Waals surface area (Å²) < 4.78 is 6.89. The normalized spacial score (nSPS) is 13.4. The minimum Gasteiger partial charge on any atom is -0.380 e. The largest absolute Gasteiger partial charge is 0.380 e. The fourth-order valence-electron chi connectivity index (χ4n) is 1.87. The van der Waals surface area contributed by atoms with Crippen molar-refractivity contribution in [1.29, 1.82) is 0 Å². The molecule has 118 valence electrons. The SMILES string of the molecule is COC(C)[C@H](C)NC(=O)Nc1cnn(Cc2ccccn2)c1. The number of urea groups is 1. The van der Waals surface area contributed by atoms with Gasteiger partial charge in [-0.3, -0.25) is 9.67 Å². The number of rotatable bonds is 6. The molecule has 2 aromatic rings. The molecule has 0 saturated carbocycles. The first-order chi connectivity index (χ1) is 10.6. The number of aromatic nitrogens is 3. The van der Waals surface area contributed by atoms with Crippen LogP contribution in [0.25, 0.3) is 0 Å². The summed E-state index contributed by atoms with van der Waals surface area (Å²) in [6.07, 6.45) is 5.05. The van der Waals surface area contributed by atoms with E-state index >= 15 is 0 Å². The van der Waals surface area contributed by atoms with Gasteiger partial charge in [-0.2, -0.15) is 5.10 Å². The number of nitrogens with zero attached hydrogens (tertiary/aromatic N) is 3. The molecule has 0 spiro atoms. The Bertz CT molecular complexity index is 599. The van der Waals surface area contributed by atoms with Gasteiger partial charge in [0.15, 0.2) is 0 Å². The van der Waals surface area contributed by atoms with Gasteiger partial charge in [0.05, 0.1) is 36.3 Å². The smallest absolute Gasteiger partial charge is 0.319 e. The summed E-state index contributed by atoms with van der Waals surface area (Å²) in [7, 11) is 1.61. The number of hydrogen-bond acceptors (Lipinski definition) is 4. The van der Waals surface area contributed by atoms with Gasteiger partial charge in [0.2, 0.25) is 0 Å². The summed E-state index contributed by atoms with van der Waals surface area (Å²) in [6.45, 7) is 4.34. The summed E-state index contributed by atoms with van der Waals surface area (Å²) in [4.78, 5) is 16.1. The molecule has 0 aromatic carbocycles. The zero-order chi connectivity index (χ0) is 15.9. The molecular formula is C15H21N5O2. The van der Waals surface area contributed by atoms with E-state index in [1.807, 2.05) is 32.0 Å². The lowest BCUT2D eigenvalue weighted by molar-refractivity contribution is 0.0920. The molecule has 2 atom stereocenters. The molecule has 0 aliphatic carbocycles. The third-order valence-electron chi connectivity index (χ3n) is 3.38. The van der Waals surface area contributed by atoms with E-state index in [2.05, 4.69) is 20.7 Å². The van der Waals surface area contributed by atoms with Gasteiger partial charge in [0.25, 0.3) is 0 Å². The van der Waals surface area contributed by atoms with Crippen molar-refractivity contribution >= 4 is 11.7 Å². The average Bonchev–Trinajstić information content (AvgIpc) is 2.94. The van der Waals surface area contributed by atoms with Crippen molar-refractivity contribution in [2.75, 3.05) is 12.4 Å². The van der Waals surface area contributed by atoms with E-state index in [0.717, 1.165) is 5.69 Å². The molecule has 0 aliphatic heterocycles. The van der Waals surface area contributed by atoms with Gasteiger partial charge in [-0.05, 0) is 26.0 Å². The molecule has 7 heteroatoms. The van der Waals surface area contributed by atoms with E-state index in [9.17, 15) is 4.79 Å². The molecule has 7 nitrogen and oxygen atoms in total. The highest BCUT2D eigenvalue weighted by molar-refractivity contribution is 5.89. The summed E-state index contributed by atoms with van der Waals surface area (Å²) in [5.74, 6) is 0. The molecule has 2 heterocycles. The van der Waals surface area contributed by atoms with Gasteiger partial charge in [-0.25, -0.2) is 4.79 Å². The lowest BCUT2D eigenvalue weighted by Crippen LogP contribution is -2.42. The van der Waals surface area contributed by atoms with Gasteiger partial charge >= 0.3 is 6.03 Å². The maximum Gasteiger partial charge on any atom is 0.319 e. The van der Waals surface area contributed by atoms with Crippen LogP contribution < -0.4 is 10.6 Å². The number of amides is 2. The first-order valence-corrected chi connectivity index (χ1v) is 7.11. The summed E-state index contributed by atoms with van der Waals surface area (Å²) in [5.41, 5.74) is 1.54. The number of hydrogen-bond donors (Lipinski definition) is 2. The van der Waals surface area contributed by atoms with Gasteiger partial charge < -0.3 is 15.4 Å². The number of methoxy groups -OCH3 is 1. The first-order valence-electron chi connectivity index (χ1n) is 7.11. The Balaban J connectivity index is 1.88. The lowest BCUT2D eigenvalue weighted by atomic mass is 10.2. The lowest BCUT2D eigenvalue weighted by Gasteiger charge is -2.19. The van der Waals surface area contributed by atoms with Crippen molar-refractivity contribution in [3.8, 4) is 0 Å². The zero-order valence-electron chi connectivity index (χ0n) is 13.0. The Hall–Kier alpha value is -2.41. The van der Waals surface area contributed by atoms with Crippen LogP contribution in [0.2, 0.25) is 0 Å². The van der Waals surface area contributed by atoms with E-state index in [4.69, 9.17) is 4.74 Å². The molecule has 2 rings (SSSR count). The second-order valence-electron chi connectivity index (χ2n) is 5.08. The highest BCUT2D eigenvalue weighted by Crippen LogP contribution is 2.07. The topological polar surface area (TPSA) is 81.1 Å². The fourth-order valence-corrected chi connectivity index (χ4v) is 1.87. The van der Waals surface area contributed by atoms with Gasteiger partial charge in [0.1, 0.15) is 0 Å². The fraction of sp³-hybridized carbons (Fsp3) is 0.400. The van der Waals surface area contributed by atoms with Crippen LogP contribution >= 0.6 is 0 Å². The van der Waals surface area contributed by atoms with E-state index in [1.165, 1.54) is 0 Å². The van der Waals surface area contributed by atoms with Gasteiger partial charge in [-0.1, -0.05) is 6.07 Å². The van der Waals surface area contributed by atoms with Gasteiger partial charge in [0, 0.05) is 19.5 Å². The zero-order valence-corrected chi connectivity index (χ0v) is 13.0. The predicted octanol–water partition coefficient (Wildman–Crippen LogP) is 1.87. The highest BCUT2D eigenvalue weighted by Gasteiger charge is 2.14. The summed E-state index contributed by atoms with van der Waals surface area (Å²) >= 11 is 0. The second-order valence-corrected chi connectivity index (χ2v) is 5.08. The Morgan fingerprint density at radius 1 is 1.41 bits per heavy atom. The predicted molar refractivity (Wildman–Crippen MR) is 83.7 cm³/mol. The highest BCUT2D eigenvalue weighted by atomic mass is 16.5. The number of carbonyl (C=O) groups is 1. The van der Waals surface area contributed by atoms with Crippen LogP contribution in [-0.2, 0) is 11.3 Å². The average molecular weight is 303 g/mol. The van der Waals surface area contributed by atoms with Gasteiger partial charge in [-0.15, -0.1) is 0 Å². The van der Waals surface area contributed by atoms with E-state index in [1.54, 1.807) is 30.4 Å². The number of ether oxygens (including phenoxy) is 1. The molecule has 2 amide bonds.